The standard InChI is InChI=1S/C16H13FN2OS/c17-13-6-5-10(16(18)20)7-14(13)19-8-11-9-21-15-4-2-1-3-12(11)15/h1-7,9,19H,8H2,(H2,18,20). The highest BCUT2D eigenvalue weighted by Gasteiger charge is 2.08. The zero-order chi connectivity index (χ0) is 14.8. The molecule has 3 aromatic rings. The van der Waals surface area contributed by atoms with Gasteiger partial charge in [0.25, 0.3) is 0 Å². The van der Waals surface area contributed by atoms with Gasteiger partial charge < -0.3 is 11.1 Å². The third-order valence-electron chi connectivity index (χ3n) is 3.28. The summed E-state index contributed by atoms with van der Waals surface area (Å²) in [5, 5.41) is 6.23. The van der Waals surface area contributed by atoms with Crippen LogP contribution in [-0.4, -0.2) is 5.91 Å². The van der Waals surface area contributed by atoms with Crippen LogP contribution in [0, 0.1) is 5.82 Å². The van der Waals surface area contributed by atoms with Crippen molar-refractivity contribution in [2.45, 2.75) is 6.54 Å². The molecule has 3 nitrogen and oxygen atoms in total. The summed E-state index contributed by atoms with van der Waals surface area (Å²) >= 11 is 1.65. The number of hydrogen-bond donors (Lipinski definition) is 2. The third kappa shape index (κ3) is 2.73. The number of carbonyl (C=O) groups is 1. The van der Waals surface area contributed by atoms with Crippen LogP contribution in [0.15, 0.2) is 47.8 Å². The second-order valence-corrected chi connectivity index (χ2v) is 5.58. The Kier molecular flexibility index (Phi) is 3.58. The number of nitrogens with one attached hydrogen (secondary N) is 1. The van der Waals surface area contributed by atoms with Gasteiger partial charge in [0, 0.05) is 16.8 Å². The first kappa shape index (κ1) is 13.6. The van der Waals surface area contributed by atoms with Crippen LogP contribution in [0.2, 0.25) is 0 Å². The van der Waals surface area contributed by atoms with E-state index in [1.54, 1.807) is 11.3 Å². The molecule has 0 spiro atoms. The first-order valence-electron chi connectivity index (χ1n) is 6.43. The number of hydrogen-bond acceptors (Lipinski definition) is 3. The molecule has 5 heteroatoms. The van der Waals surface area contributed by atoms with Gasteiger partial charge >= 0.3 is 0 Å². The lowest BCUT2D eigenvalue weighted by atomic mass is 10.1. The lowest BCUT2D eigenvalue weighted by Crippen LogP contribution is -2.12. The minimum atomic E-state index is -0.570. The number of rotatable bonds is 4. The van der Waals surface area contributed by atoms with Crippen molar-refractivity contribution in [2.75, 3.05) is 5.32 Å². The maximum atomic E-state index is 13.8. The minimum absolute atomic E-state index is 0.279. The first-order valence-corrected chi connectivity index (χ1v) is 7.31. The second kappa shape index (κ2) is 5.54. The first-order chi connectivity index (χ1) is 10.1. The molecule has 1 aromatic heterocycles. The van der Waals surface area contributed by atoms with Gasteiger partial charge in [0.05, 0.1) is 5.69 Å². The third-order valence-corrected chi connectivity index (χ3v) is 4.29. The molecule has 3 N–H and O–H groups in total. The molecular weight excluding hydrogens is 287 g/mol. The highest BCUT2D eigenvalue weighted by atomic mass is 32.1. The molecule has 0 unspecified atom stereocenters. The number of benzene rings is 2. The number of halogens is 1. The Morgan fingerprint density at radius 3 is 2.86 bits per heavy atom. The van der Waals surface area contributed by atoms with Crippen LogP contribution >= 0.6 is 11.3 Å². The van der Waals surface area contributed by atoms with Crippen LogP contribution in [-0.2, 0) is 6.54 Å². The maximum absolute atomic E-state index is 13.8. The Balaban J connectivity index is 1.84. The van der Waals surface area contributed by atoms with Crippen molar-refractivity contribution >= 4 is 33.0 Å². The van der Waals surface area contributed by atoms with Gasteiger partial charge in [-0.15, -0.1) is 11.3 Å². The van der Waals surface area contributed by atoms with Crippen molar-refractivity contribution in [1.29, 1.82) is 0 Å². The predicted octanol–water partition coefficient (Wildman–Crippen LogP) is 3.75. The fourth-order valence-electron chi connectivity index (χ4n) is 2.17. The Bertz CT molecular complexity index is 813. The average Bonchev–Trinajstić information content (AvgIpc) is 2.89. The minimum Gasteiger partial charge on any atom is -0.379 e. The van der Waals surface area contributed by atoms with E-state index in [0.29, 0.717) is 6.54 Å². The van der Waals surface area contributed by atoms with Gasteiger partial charge in [0.15, 0.2) is 0 Å². The van der Waals surface area contributed by atoms with Crippen molar-refractivity contribution in [3.05, 3.63) is 64.8 Å². The molecule has 2 aromatic carbocycles. The maximum Gasteiger partial charge on any atom is 0.248 e. The van der Waals surface area contributed by atoms with E-state index in [0.717, 1.165) is 10.9 Å². The number of carbonyl (C=O) groups excluding carboxylic acids is 1. The lowest BCUT2D eigenvalue weighted by Gasteiger charge is -2.08. The van der Waals surface area contributed by atoms with Gasteiger partial charge in [-0.3, -0.25) is 4.79 Å². The summed E-state index contributed by atoms with van der Waals surface area (Å²) in [5.41, 5.74) is 6.87. The Hall–Kier alpha value is -2.40. The van der Waals surface area contributed by atoms with Crippen molar-refractivity contribution in [2.24, 2.45) is 5.73 Å². The van der Waals surface area contributed by atoms with E-state index >= 15 is 0 Å². The summed E-state index contributed by atoms with van der Waals surface area (Å²) < 4.78 is 15.0. The molecule has 0 aliphatic heterocycles. The molecule has 0 saturated heterocycles. The Morgan fingerprint density at radius 1 is 1.24 bits per heavy atom. The molecule has 0 aliphatic rings. The number of primary amides is 1. The van der Waals surface area contributed by atoms with Gasteiger partial charge in [0.1, 0.15) is 5.82 Å². The topological polar surface area (TPSA) is 55.1 Å². The van der Waals surface area contributed by atoms with E-state index in [4.69, 9.17) is 5.73 Å². The van der Waals surface area contributed by atoms with E-state index in [1.165, 1.54) is 22.9 Å². The molecule has 21 heavy (non-hydrogen) atoms. The van der Waals surface area contributed by atoms with Crippen LogP contribution in [0.5, 0.6) is 0 Å². The summed E-state index contributed by atoms with van der Waals surface area (Å²) in [6.45, 7) is 0.489. The fourth-order valence-corrected chi connectivity index (χ4v) is 3.14. The fraction of sp³-hybridized carbons (Fsp3) is 0.0625. The molecule has 1 heterocycles. The number of amides is 1. The van der Waals surface area contributed by atoms with Crippen molar-refractivity contribution < 1.29 is 9.18 Å². The van der Waals surface area contributed by atoms with Crippen molar-refractivity contribution in [3.8, 4) is 0 Å². The molecule has 0 aliphatic carbocycles. The van der Waals surface area contributed by atoms with E-state index < -0.39 is 11.7 Å². The summed E-state index contributed by atoms with van der Waals surface area (Å²) in [6, 6.07) is 12.1. The second-order valence-electron chi connectivity index (χ2n) is 4.67. The predicted molar refractivity (Wildman–Crippen MR) is 84.1 cm³/mol. The van der Waals surface area contributed by atoms with Crippen molar-refractivity contribution in [3.63, 3.8) is 0 Å². The summed E-state index contributed by atoms with van der Waals surface area (Å²) in [6.07, 6.45) is 0. The number of nitrogens with two attached hydrogens (primary N) is 1. The van der Waals surface area contributed by atoms with E-state index in [2.05, 4.69) is 11.4 Å². The monoisotopic (exact) mass is 300 g/mol. The molecule has 106 valence electrons. The summed E-state index contributed by atoms with van der Waals surface area (Å²) in [7, 11) is 0. The number of anilines is 1. The van der Waals surface area contributed by atoms with Gasteiger partial charge in [-0.1, -0.05) is 18.2 Å². The molecule has 3 rings (SSSR count). The summed E-state index contributed by atoms with van der Waals surface area (Å²) in [5.74, 6) is -0.974. The lowest BCUT2D eigenvalue weighted by molar-refractivity contribution is 0.100. The molecule has 1 amide bonds. The van der Waals surface area contributed by atoms with Crippen LogP contribution in [0.4, 0.5) is 10.1 Å². The van der Waals surface area contributed by atoms with Gasteiger partial charge in [0.2, 0.25) is 5.91 Å². The molecule has 0 radical (unpaired) electrons. The smallest absolute Gasteiger partial charge is 0.248 e. The van der Waals surface area contributed by atoms with E-state index in [9.17, 15) is 9.18 Å². The SMILES string of the molecule is NC(=O)c1ccc(F)c(NCc2csc3ccccc23)c1. The molecule has 0 fully saturated rings. The van der Waals surface area contributed by atoms with E-state index in [-0.39, 0.29) is 11.3 Å². The highest BCUT2D eigenvalue weighted by molar-refractivity contribution is 7.17. The van der Waals surface area contributed by atoms with Crippen LogP contribution in [0.3, 0.4) is 0 Å². The Morgan fingerprint density at radius 2 is 2.05 bits per heavy atom. The quantitative estimate of drug-likeness (QED) is 0.771. The highest BCUT2D eigenvalue weighted by Crippen LogP contribution is 2.26. The van der Waals surface area contributed by atoms with Crippen LogP contribution < -0.4 is 11.1 Å². The average molecular weight is 300 g/mol. The van der Waals surface area contributed by atoms with E-state index in [1.807, 2.05) is 23.6 Å². The van der Waals surface area contributed by atoms with Gasteiger partial charge in [-0.25, -0.2) is 4.39 Å². The molecule has 0 atom stereocenters. The van der Waals surface area contributed by atoms with Gasteiger partial charge in [-0.2, -0.15) is 0 Å². The van der Waals surface area contributed by atoms with Crippen LogP contribution in [0.25, 0.3) is 10.1 Å². The van der Waals surface area contributed by atoms with Crippen molar-refractivity contribution in [1.82, 2.24) is 0 Å². The molecule has 0 saturated carbocycles. The molecular formula is C16H13FN2OS. The number of thiophene rings is 1. The van der Waals surface area contributed by atoms with Gasteiger partial charge in [-0.05, 0) is 40.6 Å². The Labute approximate surface area is 125 Å². The molecule has 0 bridgehead atoms. The number of fused-ring (bicyclic) bond motifs is 1. The largest absolute Gasteiger partial charge is 0.379 e. The zero-order valence-electron chi connectivity index (χ0n) is 11.1. The summed E-state index contributed by atoms with van der Waals surface area (Å²) in [4.78, 5) is 11.1. The normalized spacial score (nSPS) is 10.7. The zero-order valence-corrected chi connectivity index (χ0v) is 11.9. The van der Waals surface area contributed by atoms with Crippen LogP contribution in [0.1, 0.15) is 15.9 Å².